The normalized spacial score (nSPS) is 16.8. The van der Waals surface area contributed by atoms with Crippen molar-refractivity contribution in [3.63, 3.8) is 0 Å². The van der Waals surface area contributed by atoms with E-state index in [4.69, 9.17) is 0 Å². The van der Waals surface area contributed by atoms with Gasteiger partial charge in [-0.3, -0.25) is 4.79 Å². The van der Waals surface area contributed by atoms with Gasteiger partial charge in [0.15, 0.2) is 0 Å². The number of carbonyl (C=O) groups is 1. The Morgan fingerprint density at radius 1 is 1.18 bits per heavy atom. The highest BCUT2D eigenvalue weighted by Gasteiger charge is 2.26. The van der Waals surface area contributed by atoms with Gasteiger partial charge in [0.05, 0.1) is 11.3 Å². The molecule has 22 heavy (non-hydrogen) atoms. The summed E-state index contributed by atoms with van der Waals surface area (Å²) in [6.45, 7) is 0. The van der Waals surface area contributed by atoms with Crippen LogP contribution in [0.5, 0.6) is 0 Å². The second-order valence-corrected chi connectivity index (χ2v) is 7.38. The fraction of sp³-hybridized carbons (Fsp3) is 0.0667. The van der Waals surface area contributed by atoms with Gasteiger partial charge in [0.1, 0.15) is 11.2 Å². The number of aromatic nitrogens is 1. The van der Waals surface area contributed by atoms with Crippen LogP contribution in [0.15, 0.2) is 44.9 Å². The van der Waals surface area contributed by atoms with E-state index in [2.05, 4.69) is 36.9 Å². The average molecular weight is 392 g/mol. The summed E-state index contributed by atoms with van der Waals surface area (Å²) in [5.41, 5.74) is 3.40. The molecule has 7 heteroatoms. The summed E-state index contributed by atoms with van der Waals surface area (Å²) in [6, 6.07) is 7.68. The van der Waals surface area contributed by atoms with E-state index >= 15 is 0 Å². The van der Waals surface area contributed by atoms with Crippen molar-refractivity contribution >= 4 is 50.2 Å². The van der Waals surface area contributed by atoms with Crippen molar-refractivity contribution in [2.24, 2.45) is 0 Å². The Kier molecular flexibility index (Phi) is 3.48. The Balaban J connectivity index is 1.65. The zero-order valence-electron chi connectivity index (χ0n) is 11.2. The van der Waals surface area contributed by atoms with Crippen LogP contribution in [0.2, 0.25) is 0 Å². The van der Waals surface area contributed by atoms with Crippen LogP contribution in [0.25, 0.3) is 10.6 Å². The predicted octanol–water partition coefficient (Wildman–Crippen LogP) is 4.49. The SMILES string of the molecule is O=C1NC(c2csc(-c3ccsc3)n2)Nc2ccc(Br)cc21. The first-order valence-corrected chi connectivity index (χ1v) is 9.17. The van der Waals surface area contributed by atoms with Crippen LogP contribution in [-0.4, -0.2) is 10.9 Å². The zero-order valence-corrected chi connectivity index (χ0v) is 14.4. The third-order valence-corrected chi connectivity index (χ3v) is 5.47. The summed E-state index contributed by atoms with van der Waals surface area (Å²) in [4.78, 5) is 16.9. The summed E-state index contributed by atoms with van der Waals surface area (Å²) in [6.07, 6.45) is -0.301. The lowest BCUT2D eigenvalue weighted by atomic mass is 10.1. The fourth-order valence-corrected chi connectivity index (χ4v) is 4.23. The van der Waals surface area contributed by atoms with Crippen molar-refractivity contribution in [1.82, 2.24) is 10.3 Å². The quantitative estimate of drug-likeness (QED) is 0.676. The third-order valence-electron chi connectivity index (χ3n) is 3.39. The second kappa shape index (κ2) is 5.49. The summed E-state index contributed by atoms with van der Waals surface area (Å²) in [5.74, 6) is -0.0925. The van der Waals surface area contributed by atoms with E-state index in [0.29, 0.717) is 5.56 Å². The van der Waals surface area contributed by atoms with E-state index in [0.717, 1.165) is 26.4 Å². The lowest BCUT2D eigenvalue weighted by Gasteiger charge is -2.26. The molecule has 110 valence electrons. The van der Waals surface area contributed by atoms with Gasteiger partial charge in [-0.1, -0.05) is 15.9 Å². The number of anilines is 1. The van der Waals surface area contributed by atoms with Crippen LogP contribution in [0.1, 0.15) is 22.2 Å². The fourth-order valence-electron chi connectivity index (χ4n) is 2.32. The number of nitrogens with zero attached hydrogens (tertiary/aromatic N) is 1. The number of carbonyl (C=O) groups excluding carboxylic acids is 1. The van der Waals surface area contributed by atoms with E-state index in [9.17, 15) is 4.79 Å². The van der Waals surface area contributed by atoms with Gasteiger partial charge < -0.3 is 10.6 Å². The third kappa shape index (κ3) is 2.45. The molecule has 2 N–H and O–H groups in total. The lowest BCUT2D eigenvalue weighted by molar-refractivity contribution is 0.0935. The van der Waals surface area contributed by atoms with Gasteiger partial charge in [-0.05, 0) is 29.6 Å². The number of amides is 1. The first-order chi connectivity index (χ1) is 10.7. The van der Waals surface area contributed by atoms with E-state index in [1.54, 1.807) is 22.7 Å². The monoisotopic (exact) mass is 391 g/mol. The van der Waals surface area contributed by atoms with Gasteiger partial charge in [-0.25, -0.2) is 4.98 Å². The molecule has 1 aliphatic heterocycles. The maximum absolute atomic E-state index is 12.3. The van der Waals surface area contributed by atoms with Gasteiger partial charge in [0.25, 0.3) is 5.91 Å². The van der Waals surface area contributed by atoms with Gasteiger partial charge in [0, 0.05) is 26.5 Å². The van der Waals surface area contributed by atoms with Crippen LogP contribution >= 0.6 is 38.6 Å². The zero-order chi connectivity index (χ0) is 15.1. The van der Waals surface area contributed by atoms with Crippen LogP contribution in [0, 0.1) is 0 Å². The largest absolute Gasteiger partial charge is 0.360 e. The van der Waals surface area contributed by atoms with E-state index in [1.165, 1.54) is 0 Å². The van der Waals surface area contributed by atoms with Crippen molar-refractivity contribution in [2.75, 3.05) is 5.32 Å². The Labute approximate surface area is 143 Å². The Hall–Kier alpha value is -1.70. The molecule has 3 aromatic rings. The van der Waals surface area contributed by atoms with Crippen molar-refractivity contribution in [1.29, 1.82) is 0 Å². The molecule has 0 aliphatic carbocycles. The van der Waals surface area contributed by atoms with Gasteiger partial charge in [-0.15, -0.1) is 11.3 Å². The van der Waals surface area contributed by atoms with Crippen LogP contribution in [-0.2, 0) is 0 Å². The number of nitrogens with one attached hydrogen (secondary N) is 2. The number of fused-ring (bicyclic) bond motifs is 1. The number of hydrogen-bond acceptors (Lipinski definition) is 5. The number of halogens is 1. The molecule has 4 nitrogen and oxygen atoms in total. The summed E-state index contributed by atoms with van der Waals surface area (Å²) < 4.78 is 0.884. The molecule has 4 rings (SSSR count). The summed E-state index contributed by atoms with van der Waals surface area (Å²) in [7, 11) is 0. The molecule has 1 unspecified atom stereocenters. The molecule has 0 saturated heterocycles. The van der Waals surface area contributed by atoms with Crippen molar-refractivity contribution in [3.8, 4) is 10.6 Å². The molecule has 1 atom stereocenters. The molecule has 2 aromatic heterocycles. The Bertz CT molecular complexity index is 844. The predicted molar refractivity (Wildman–Crippen MR) is 93.4 cm³/mol. The van der Waals surface area contributed by atoms with E-state index < -0.39 is 0 Å². The number of hydrogen-bond donors (Lipinski definition) is 2. The summed E-state index contributed by atoms with van der Waals surface area (Å²) in [5, 5.41) is 13.3. The molecule has 1 aromatic carbocycles. The van der Waals surface area contributed by atoms with Crippen LogP contribution < -0.4 is 10.6 Å². The maximum atomic E-state index is 12.3. The van der Waals surface area contributed by atoms with Gasteiger partial charge in [-0.2, -0.15) is 11.3 Å². The lowest BCUT2D eigenvalue weighted by Crippen LogP contribution is -2.38. The van der Waals surface area contributed by atoms with E-state index in [-0.39, 0.29) is 12.1 Å². The number of benzene rings is 1. The molecular weight excluding hydrogens is 382 g/mol. The molecular formula is C15H10BrN3OS2. The minimum Gasteiger partial charge on any atom is -0.360 e. The Morgan fingerprint density at radius 2 is 2.09 bits per heavy atom. The topological polar surface area (TPSA) is 54.0 Å². The first-order valence-electron chi connectivity index (χ1n) is 6.55. The van der Waals surface area contributed by atoms with Crippen molar-refractivity contribution in [2.45, 2.75) is 6.17 Å². The van der Waals surface area contributed by atoms with Crippen molar-refractivity contribution < 1.29 is 4.79 Å². The van der Waals surface area contributed by atoms with Crippen LogP contribution in [0.3, 0.4) is 0 Å². The molecule has 0 spiro atoms. The molecule has 0 fully saturated rings. The van der Waals surface area contributed by atoms with E-state index in [1.807, 2.05) is 35.0 Å². The summed E-state index contributed by atoms with van der Waals surface area (Å²) >= 11 is 6.62. The molecule has 3 heterocycles. The number of rotatable bonds is 2. The minimum absolute atomic E-state index is 0.0925. The number of thiazole rings is 1. The van der Waals surface area contributed by atoms with Gasteiger partial charge >= 0.3 is 0 Å². The molecule has 0 bridgehead atoms. The standard InChI is InChI=1S/C15H10BrN3OS2/c16-9-1-2-11-10(5-9)14(20)19-13(17-11)12-7-22-15(18-12)8-3-4-21-6-8/h1-7,13,17H,(H,19,20). The average Bonchev–Trinajstić information content (AvgIpc) is 3.18. The Morgan fingerprint density at radius 3 is 2.91 bits per heavy atom. The van der Waals surface area contributed by atoms with Crippen LogP contribution in [0.4, 0.5) is 5.69 Å². The smallest absolute Gasteiger partial charge is 0.255 e. The number of thiophene rings is 1. The first kappa shape index (κ1) is 13.9. The molecule has 0 radical (unpaired) electrons. The molecule has 1 amide bonds. The molecule has 1 aliphatic rings. The van der Waals surface area contributed by atoms with Crippen molar-refractivity contribution in [3.05, 3.63) is 56.1 Å². The highest BCUT2D eigenvalue weighted by Crippen LogP contribution is 2.32. The minimum atomic E-state index is -0.301. The highest BCUT2D eigenvalue weighted by molar-refractivity contribution is 9.10. The maximum Gasteiger partial charge on any atom is 0.255 e. The highest BCUT2D eigenvalue weighted by atomic mass is 79.9. The van der Waals surface area contributed by atoms with Gasteiger partial charge in [0.2, 0.25) is 0 Å². The molecule has 0 saturated carbocycles. The second-order valence-electron chi connectivity index (χ2n) is 4.83.